The number of rotatable bonds is 5. The summed E-state index contributed by atoms with van der Waals surface area (Å²) in [6, 6.07) is 12.0. The number of carbonyl (C=O) groups excluding carboxylic acids is 1. The van der Waals surface area contributed by atoms with Gasteiger partial charge in [-0.3, -0.25) is 14.2 Å². The number of nitrogens with one attached hydrogen (secondary N) is 2. The highest BCUT2D eigenvalue weighted by molar-refractivity contribution is 7.71. The summed E-state index contributed by atoms with van der Waals surface area (Å²) in [5, 5.41) is 4.01. The van der Waals surface area contributed by atoms with Gasteiger partial charge in [0.2, 0.25) is 0 Å². The molecular formula is C20H18ClN3O2S. The normalized spacial score (nSPS) is 11.9. The van der Waals surface area contributed by atoms with E-state index in [9.17, 15) is 9.59 Å². The number of nitrogens with zero attached hydrogens (tertiary/aromatic N) is 1. The largest absolute Gasteiger partial charge is 0.346 e. The summed E-state index contributed by atoms with van der Waals surface area (Å²) in [6.07, 6.45) is 1.61. The van der Waals surface area contributed by atoms with Crippen molar-refractivity contribution >= 4 is 40.6 Å². The predicted octanol–water partition coefficient (Wildman–Crippen LogP) is 4.39. The van der Waals surface area contributed by atoms with E-state index < -0.39 is 0 Å². The van der Waals surface area contributed by atoms with Gasteiger partial charge < -0.3 is 10.3 Å². The number of H-pyrrole nitrogens is 1. The van der Waals surface area contributed by atoms with Gasteiger partial charge in [-0.2, -0.15) is 0 Å². The van der Waals surface area contributed by atoms with Crippen LogP contribution in [-0.2, 0) is 6.54 Å². The molecule has 3 aromatic rings. The molecule has 1 unspecified atom stereocenters. The molecule has 0 aliphatic rings. The second-order valence-corrected chi connectivity index (χ2v) is 6.97. The highest BCUT2D eigenvalue weighted by Crippen LogP contribution is 2.18. The predicted molar refractivity (Wildman–Crippen MR) is 111 cm³/mol. The second kappa shape index (κ2) is 7.90. The standard InChI is InChI=1S/C20H18ClN3O2S/c1-3-9-24-19(26)16-8-7-14(11-17(16)23-20(24)27)18(25)22-12(2)13-5-4-6-15(21)10-13/h3-8,10-12H,1,9H2,2H3,(H,22,25)(H,23,27). The molecule has 1 heterocycles. The molecule has 0 saturated heterocycles. The number of hydrogen-bond acceptors (Lipinski definition) is 3. The number of hydrogen-bond donors (Lipinski definition) is 2. The molecule has 0 aliphatic carbocycles. The Morgan fingerprint density at radius 1 is 1.37 bits per heavy atom. The first kappa shape index (κ1) is 19.1. The van der Waals surface area contributed by atoms with Crippen molar-refractivity contribution in [2.24, 2.45) is 0 Å². The van der Waals surface area contributed by atoms with E-state index in [0.717, 1.165) is 5.56 Å². The van der Waals surface area contributed by atoms with Gasteiger partial charge >= 0.3 is 0 Å². The zero-order valence-corrected chi connectivity index (χ0v) is 16.2. The number of allylic oxidation sites excluding steroid dienone is 1. The van der Waals surface area contributed by atoms with Crippen LogP contribution < -0.4 is 10.9 Å². The lowest BCUT2D eigenvalue weighted by Gasteiger charge is -2.15. The first-order valence-electron chi connectivity index (χ1n) is 8.35. The summed E-state index contributed by atoms with van der Waals surface area (Å²) in [6.45, 7) is 5.84. The maximum absolute atomic E-state index is 12.6. The zero-order valence-electron chi connectivity index (χ0n) is 14.7. The van der Waals surface area contributed by atoms with Gasteiger partial charge in [0, 0.05) is 17.1 Å². The van der Waals surface area contributed by atoms with Gasteiger partial charge in [-0.15, -0.1) is 6.58 Å². The Morgan fingerprint density at radius 2 is 2.15 bits per heavy atom. The van der Waals surface area contributed by atoms with E-state index in [0.29, 0.717) is 28.0 Å². The molecule has 0 fully saturated rings. The fraction of sp³-hybridized carbons (Fsp3) is 0.150. The summed E-state index contributed by atoms with van der Waals surface area (Å²) >= 11 is 11.2. The molecular weight excluding hydrogens is 382 g/mol. The summed E-state index contributed by atoms with van der Waals surface area (Å²) in [7, 11) is 0. The van der Waals surface area contributed by atoms with Crippen molar-refractivity contribution < 1.29 is 4.79 Å². The van der Waals surface area contributed by atoms with Crippen molar-refractivity contribution in [1.29, 1.82) is 0 Å². The van der Waals surface area contributed by atoms with Gasteiger partial charge in [0.05, 0.1) is 16.9 Å². The summed E-state index contributed by atoms with van der Waals surface area (Å²) in [5.74, 6) is -0.251. The Kier molecular flexibility index (Phi) is 5.58. The molecule has 7 heteroatoms. The lowest BCUT2D eigenvalue weighted by Crippen LogP contribution is -2.27. The minimum Gasteiger partial charge on any atom is -0.346 e. The van der Waals surface area contributed by atoms with Gasteiger partial charge in [-0.1, -0.05) is 29.8 Å². The number of halogens is 1. The van der Waals surface area contributed by atoms with Crippen LogP contribution in [0.1, 0.15) is 28.9 Å². The third kappa shape index (κ3) is 4.02. The first-order valence-corrected chi connectivity index (χ1v) is 9.13. The Balaban J connectivity index is 1.91. The van der Waals surface area contributed by atoms with Crippen LogP contribution in [0.25, 0.3) is 10.9 Å². The van der Waals surface area contributed by atoms with Crippen LogP contribution in [0.4, 0.5) is 0 Å². The van der Waals surface area contributed by atoms with E-state index in [1.54, 1.807) is 30.3 Å². The molecule has 27 heavy (non-hydrogen) atoms. The van der Waals surface area contributed by atoms with Crippen molar-refractivity contribution in [1.82, 2.24) is 14.9 Å². The van der Waals surface area contributed by atoms with Gasteiger partial charge in [-0.05, 0) is 55.0 Å². The molecule has 5 nitrogen and oxygen atoms in total. The minimum atomic E-state index is -0.251. The number of fused-ring (bicyclic) bond motifs is 1. The fourth-order valence-corrected chi connectivity index (χ4v) is 3.30. The van der Waals surface area contributed by atoms with E-state index in [1.165, 1.54) is 4.57 Å². The monoisotopic (exact) mass is 399 g/mol. The smallest absolute Gasteiger partial charge is 0.262 e. The van der Waals surface area contributed by atoms with Crippen LogP contribution in [-0.4, -0.2) is 15.5 Å². The average molecular weight is 400 g/mol. The molecule has 0 spiro atoms. The quantitative estimate of drug-likeness (QED) is 0.494. The van der Waals surface area contributed by atoms with Crippen LogP contribution in [0, 0.1) is 4.77 Å². The van der Waals surface area contributed by atoms with Crippen LogP contribution >= 0.6 is 23.8 Å². The molecule has 138 valence electrons. The fourth-order valence-electron chi connectivity index (χ4n) is 2.83. The lowest BCUT2D eigenvalue weighted by atomic mass is 10.1. The third-order valence-corrected chi connectivity index (χ3v) is 4.81. The van der Waals surface area contributed by atoms with Gasteiger partial charge in [-0.25, -0.2) is 0 Å². The first-order chi connectivity index (χ1) is 12.9. The summed E-state index contributed by atoms with van der Waals surface area (Å²) < 4.78 is 1.71. The van der Waals surface area contributed by atoms with Crippen molar-refractivity contribution in [2.75, 3.05) is 0 Å². The molecule has 0 bridgehead atoms. The van der Waals surface area contributed by atoms with Crippen LogP contribution in [0.5, 0.6) is 0 Å². The Morgan fingerprint density at radius 3 is 2.85 bits per heavy atom. The number of benzene rings is 2. The van der Waals surface area contributed by atoms with Crippen molar-refractivity contribution in [3.05, 3.63) is 86.4 Å². The molecule has 0 saturated carbocycles. The molecule has 2 aromatic carbocycles. The SMILES string of the molecule is C=CCn1c(=S)[nH]c2cc(C(=O)NC(C)c3cccc(Cl)c3)ccc2c1=O. The number of aromatic nitrogens is 2. The lowest BCUT2D eigenvalue weighted by molar-refractivity contribution is 0.0940. The molecule has 0 aliphatic heterocycles. The number of aromatic amines is 1. The van der Waals surface area contributed by atoms with Crippen LogP contribution in [0.3, 0.4) is 0 Å². The minimum absolute atomic E-state index is 0.215. The van der Waals surface area contributed by atoms with Crippen molar-refractivity contribution in [3.8, 4) is 0 Å². The topological polar surface area (TPSA) is 66.9 Å². The molecule has 2 N–H and O–H groups in total. The van der Waals surface area contributed by atoms with E-state index in [-0.39, 0.29) is 22.3 Å². The third-order valence-electron chi connectivity index (χ3n) is 4.25. The average Bonchev–Trinajstić information content (AvgIpc) is 2.64. The Labute approximate surface area is 166 Å². The highest BCUT2D eigenvalue weighted by atomic mass is 35.5. The van der Waals surface area contributed by atoms with E-state index in [1.807, 2.05) is 25.1 Å². The number of amides is 1. The van der Waals surface area contributed by atoms with Crippen LogP contribution in [0.2, 0.25) is 5.02 Å². The van der Waals surface area contributed by atoms with E-state index in [4.69, 9.17) is 23.8 Å². The van der Waals surface area contributed by atoms with Crippen molar-refractivity contribution in [2.45, 2.75) is 19.5 Å². The molecule has 1 atom stereocenters. The maximum Gasteiger partial charge on any atom is 0.262 e. The number of carbonyl (C=O) groups is 1. The van der Waals surface area contributed by atoms with Gasteiger partial charge in [0.25, 0.3) is 11.5 Å². The van der Waals surface area contributed by atoms with Crippen LogP contribution in [0.15, 0.2) is 59.9 Å². The zero-order chi connectivity index (χ0) is 19.6. The molecule has 0 radical (unpaired) electrons. The van der Waals surface area contributed by atoms with E-state index in [2.05, 4.69) is 16.9 Å². The Bertz CT molecular complexity index is 1150. The maximum atomic E-state index is 12.6. The highest BCUT2D eigenvalue weighted by Gasteiger charge is 2.13. The molecule has 3 rings (SSSR count). The molecule has 1 amide bonds. The van der Waals surface area contributed by atoms with Gasteiger partial charge in [0.1, 0.15) is 0 Å². The summed E-state index contributed by atoms with van der Waals surface area (Å²) in [5.41, 5.74) is 1.65. The Hall–Kier alpha value is -2.70. The van der Waals surface area contributed by atoms with Gasteiger partial charge in [0.15, 0.2) is 4.77 Å². The summed E-state index contributed by atoms with van der Waals surface area (Å²) in [4.78, 5) is 28.2. The van der Waals surface area contributed by atoms with E-state index >= 15 is 0 Å². The van der Waals surface area contributed by atoms with Crippen molar-refractivity contribution in [3.63, 3.8) is 0 Å². The second-order valence-electron chi connectivity index (χ2n) is 6.15. The molecule has 1 aromatic heterocycles.